The van der Waals surface area contributed by atoms with Gasteiger partial charge in [0.1, 0.15) is 0 Å². The second-order valence-electron chi connectivity index (χ2n) is 5.13. The monoisotopic (exact) mass is 391 g/mol. The molecule has 0 saturated heterocycles. The van der Waals surface area contributed by atoms with Crippen LogP contribution < -0.4 is 15.9 Å². The molecule has 0 heterocycles. The van der Waals surface area contributed by atoms with E-state index < -0.39 is 16.1 Å². The van der Waals surface area contributed by atoms with Gasteiger partial charge in [0.25, 0.3) is 9.05 Å². The minimum Gasteiger partial charge on any atom is -0.305 e. The molecular weight excluding hydrogens is 373 g/mol. The molecule has 0 atom stereocenters. The van der Waals surface area contributed by atoms with Crippen molar-refractivity contribution >= 4 is 43.2 Å². The van der Waals surface area contributed by atoms with E-state index in [2.05, 4.69) is 47.6 Å². The Kier molecular flexibility index (Phi) is 6.64. The third-order valence-electron chi connectivity index (χ3n) is 3.43. The predicted molar refractivity (Wildman–Crippen MR) is 109 cm³/mol. The number of hydrogen-bond donors (Lipinski definition) is 3. The lowest BCUT2D eigenvalue weighted by molar-refractivity contribution is 0.450. The molecule has 0 amide bonds. The molecule has 0 aromatic heterocycles. The maximum Gasteiger partial charge on any atom is 0.263 e. The van der Waals surface area contributed by atoms with Crippen LogP contribution in [0.1, 0.15) is 0 Å². The van der Waals surface area contributed by atoms with Crippen molar-refractivity contribution in [1.82, 2.24) is 0 Å². The van der Waals surface area contributed by atoms with E-state index in [9.17, 15) is 5.16 Å². The molecule has 0 bridgehead atoms. The van der Waals surface area contributed by atoms with Crippen molar-refractivity contribution in [3.8, 4) is 0 Å². The molecule has 0 aliphatic carbocycles. The standard InChI is InChI=1S/C18H16NP.H2O3S2/c19-20(16-10-4-1-5-11-16,17-12-6-2-7-13-17)18-14-8-3-9-15-18;1-5(2,3)4/h1-15,19H;(H2,1,2,3,4). The molecule has 3 aromatic carbocycles. The molecule has 0 aliphatic rings. The third-order valence-corrected chi connectivity index (χ3v) is 6.65. The summed E-state index contributed by atoms with van der Waals surface area (Å²) in [5, 5.41) is 12.5. The highest BCUT2D eigenvalue weighted by molar-refractivity contribution is 8.26. The fourth-order valence-electron chi connectivity index (χ4n) is 2.40. The summed E-state index contributed by atoms with van der Waals surface area (Å²) in [5.41, 5.74) is 0. The minimum absolute atomic E-state index is 1.09. The van der Waals surface area contributed by atoms with E-state index in [1.165, 1.54) is 0 Å². The average Bonchev–Trinajstić information content (AvgIpc) is 2.62. The smallest absolute Gasteiger partial charge is 0.263 e. The van der Waals surface area contributed by atoms with Crippen LogP contribution in [0.4, 0.5) is 0 Å². The first kappa shape index (κ1) is 19.5. The van der Waals surface area contributed by atoms with Gasteiger partial charge in [0.2, 0.25) is 0 Å². The van der Waals surface area contributed by atoms with Gasteiger partial charge in [0.15, 0.2) is 0 Å². The normalized spacial score (nSPS) is 11.3. The Bertz CT molecular complexity index is 836. The van der Waals surface area contributed by atoms with Gasteiger partial charge in [-0.1, -0.05) is 91.0 Å². The zero-order valence-electron chi connectivity index (χ0n) is 13.2. The van der Waals surface area contributed by atoms with Gasteiger partial charge in [-0.3, -0.25) is 9.11 Å². The Balaban J connectivity index is 0.000000399. The van der Waals surface area contributed by atoms with E-state index in [0.29, 0.717) is 0 Å². The largest absolute Gasteiger partial charge is 0.305 e. The number of benzene rings is 3. The van der Waals surface area contributed by atoms with Crippen LogP contribution in [0.2, 0.25) is 0 Å². The molecule has 0 fully saturated rings. The maximum atomic E-state index is 9.25. The summed E-state index contributed by atoms with van der Waals surface area (Å²) in [4.78, 5) is 0. The van der Waals surface area contributed by atoms with Crippen LogP contribution in [0, 0.1) is 5.16 Å². The molecule has 130 valence electrons. The second kappa shape index (κ2) is 8.52. The molecule has 4 nitrogen and oxygen atoms in total. The van der Waals surface area contributed by atoms with Crippen LogP contribution in [-0.2, 0) is 20.2 Å². The van der Waals surface area contributed by atoms with Crippen LogP contribution in [0.15, 0.2) is 91.0 Å². The van der Waals surface area contributed by atoms with E-state index in [4.69, 9.17) is 13.3 Å². The lowest BCUT2D eigenvalue weighted by Gasteiger charge is -2.24. The van der Waals surface area contributed by atoms with Crippen molar-refractivity contribution in [2.24, 2.45) is 0 Å². The highest BCUT2D eigenvalue weighted by Gasteiger charge is 2.23. The van der Waals surface area contributed by atoms with Crippen LogP contribution in [-0.4, -0.2) is 13.3 Å². The number of rotatable bonds is 3. The van der Waals surface area contributed by atoms with E-state index in [-0.39, 0.29) is 0 Å². The van der Waals surface area contributed by atoms with Crippen LogP contribution in [0.3, 0.4) is 0 Å². The van der Waals surface area contributed by atoms with Crippen LogP contribution in [0.25, 0.3) is 0 Å². The molecule has 7 heteroatoms. The Morgan fingerprint density at radius 1 is 0.680 bits per heavy atom. The van der Waals surface area contributed by atoms with E-state index in [0.717, 1.165) is 15.9 Å². The number of hydrogen-bond acceptors (Lipinski definition) is 3. The first-order valence-electron chi connectivity index (χ1n) is 7.32. The third kappa shape index (κ3) is 5.59. The van der Waals surface area contributed by atoms with Crippen molar-refractivity contribution < 1.29 is 13.3 Å². The topological polar surface area (TPSA) is 81.4 Å². The highest BCUT2D eigenvalue weighted by Crippen LogP contribution is 2.42. The molecule has 0 aliphatic heterocycles. The van der Waals surface area contributed by atoms with Crippen molar-refractivity contribution in [2.45, 2.75) is 0 Å². The van der Waals surface area contributed by atoms with E-state index in [1.54, 1.807) is 0 Å². The first-order valence-corrected chi connectivity index (χ1v) is 11.5. The molecular formula is C18H18NO3PS2. The van der Waals surface area contributed by atoms with Crippen molar-refractivity contribution in [2.75, 3.05) is 0 Å². The fourth-order valence-corrected chi connectivity index (χ4v) is 5.15. The van der Waals surface area contributed by atoms with Gasteiger partial charge in [-0.05, 0) is 15.9 Å². The molecule has 3 rings (SSSR count). The van der Waals surface area contributed by atoms with Gasteiger partial charge >= 0.3 is 0 Å². The van der Waals surface area contributed by atoms with Gasteiger partial charge in [-0.2, -0.15) is 4.21 Å². The Labute approximate surface area is 152 Å². The second-order valence-corrected chi connectivity index (χ2v) is 10.2. The average molecular weight is 391 g/mol. The SMILES string of the molecule is N=P(c1ccccc1)(c1ccccc1)c1ccccc1.O=S(O)(O)=S. The summed E-state index contributed by atoms with van der Waals surface area (Å²) in [5.74, 6) is 0. The maximum absolute atomic E-state index is 9.25. The van der Waals surface area contributed by atoms with Gasteiger partial charge in [0, 0.05) is 11.2 Å². The summed E-state index contributed by atoms with van der Waals surface area (Å²) in [6, 6.07) is 30.5. The molecule has 0 radical (unpaired) electrons. The van der Waals surface area contributed by atoms with Gasteiger partial charge in [-0.15, -0.1) is 0 Å². The predicted octanol–water partition coefficient (Wildman–Crippen LogP) is 3.42. The number of nitrogens with one attached hydrogen (secondary N) is 1. The van der Waals surface area contributed by atoms with Crippen LogP contribution >= 0.6 is 7.05 Å². The summed E-state index contributed by atoms with van der Waals surface area (Å²) in [6.45, 7) is 0. The zero-order valence-corrected chi connectivity index (χ0v) is 15.8. The van der Waals surface area contributed by atoms with Crippen LogP contribution in [0.5, 0.6) is 0 Å². The summed E-state index contributed by atoms with van der Waals surface area (Å²) < 4.78 is 24.0. The minimum atomic E-state index is -3.83. The Morgan fingerprint density at radius 2 is 0.880 bits per heavy atom. The van der Waals surface area contributed by atoms with E-state index >= 15 is 0 Å². The molecule has 0 unspecified atom stereocenters. The lowest BCUT2D eigenvalue weighted by Crippen LogP contribution is -2.24. The quantitative estimate of drug-likeness (QED) is 0.598. The molecule has 3 aromatic rings. The van der Waals surface area contributed by atoms with Crippen molar-refractivity contribution in [3.63, 3.8) is 0 Å². The molecule has 25 heavy (non-hydrogen) atoms. The van der Waals surface area contributed by atoms with Gasteiger partial charge in [-0.25, -0.2) is 0 Å². The van der Waals surface area contributed by atoms with Gasteiger partial charge < -0.3 is 5.16 Å². The fraction of sp³-hybridized carbons (Fsp3) is 0. The summed E-state index contributed by atoms with van der Waals surface area (Å²) in [6.07, 6.45) is 0. The van der Waals surface area contributed by atoms with Crippen molar-refractivity contribution in [3.05, 3.63) is 91.0 Å². The zero-order chi connectivity index (χ0) is 18.3. The summed E-state index contributed by atoms with van der Waals surface area (Å²) >= 11 is 3.47. The summed E-state index contributed by atoms with van der Waals surface area (Å²) in [7, 11) is -6.11. The lowest BCUT2D eigenvalue weighted by atomic mass is 10.4. The molecule has 3 N–H and O–H groups in total. The molecule has 0 saturated carbocycles. The van der Waals surface area contributed by atoms with E-state index in [1.807, 2.05) is 54.6 Å². The Morgan fingerprint density at radius 3 is 1.08 bits per heavy atom. The van der Waals surface area contributed by atoms with Crippen molar-refractivity contribution in [1.29, 1.82) is 5.16 Å². The van der Waals surface area contributed by atoms with Gasteiger partial charge in [0.05, 0.1) is 7.05 Å². The highest BCUT2D eigenvalue weighted by atomic mass is 32.9. The molecule has 0 spiro atoms. The Hall–Kier alpha value is -1.82. The first-order chi connectivity index (χ1) is 11.8.